The Morgan fingerprint density at radius 3 is 1.00 bits per heavy atom. The Hall–Kier alpha value is -0.480. The van der Waals surface area contributed by atoms with E-state index >= 15 is 0 Å². The highest BCUT2D eigenvalue weighted by Crippen LogP contribution is 2.10. The third-order valence-electron chi connectivity index (χ3n) is 3.45. The van der Waals surface area contributed by atoms with Crippen LogP contribution in [-0.2, 0) is 18.9 Å². The standard InChI is InChI=1S/C16H34O12/c17-1-11(21)5-25-9-15(27-7-13(23)3-19)16(28-8-14(24)4-20)10-26-6-12(22)2-18/h11-24H,1-10H2. The fraction of sp³-hybridized carbons (Fsp3) is 1.00. The molecule has 6 atom stereocenters. The van der Waals surface area contributed by atoms with Gasteiger partial charge in [-0.05, 0) is 0 Å². The van der Waals surface area contributed by atoms with Gasteiger partial charge in [-0.25, -0.2) is 0 Å². The van der Waals surface area contributed by atoms with Crippen LogP contribution in [0.5, 0.6) is 0 Å². The topological polar surface area (TPSA) is 199 Å². The number of aliphatic hydroxyl groups excluding tert-OH is 8. The predicted molar refractivity (Wildman–Crippen MR) is 93.5 cm³/mol. The zero-order chi connectivity index (χ0) is 21.4. The number of hydrogen-bond acceptors (Lipinski definition) is 12. The minimum absolute atomic E-state index is 0.152. The van der Waals surface area contributed by atoms with E-state index in [2.05, 4.69) is 0 Å². The van der Waals surface area contributed by atoms with Crippen LogP contribution in [0.15, 0.2) is 0 Å². The van der Waals surface area contributed by atoms with Crippen molar-refractivity contribution in [2.75, 3.05) is 66.1 Å². The van der Waals surface area contributed by atoms with Gasteiger partial charge in [-0.3, -0.25) is 0 Å². The zero-order valence-corrected chi connectivity index (χ0v) is 15.7. The third kappa shape index (κ3) is 13.7. The normalized spacial score (nSPS) is 18.4. The molecule has 0 rings (SSSR count). The molecule has 0 aliphatic heterocycles. The number of rotatable bonds is 19. The van der Waals surface area contributed by atoms with E-state index < -0.39 is 63.1 Å². The summed E-state index contributed by atoms with van der Waals surface area (Å²) in [6.07, 6.45) is -6.29. The van der Waals surface area contributed by atoms with Gasteiger partial charge >= 0.3 is 0 Å². The molecule has 0 radical (unpaired) electrons. The first kappa shape index (κ1) is 27.5. The van der Waals surface area contributed by atoms with Gasteiger partial charge in [0.25, 0.3) is 0 Å². The van der Waals surface area contributed by atoms with Crippen LogP contribution in [0.3, 0.4) is 0 Å². The third-order valence-corrected chi connectivity index (χ3v) is 3.45. The van der Waals surface area contributed by atoms with Crippen molar-refractivity contribution in [2.45, 2.75) is 36.6 Å². The molecule has 170 valence electrons. The van der Waals surface area contributed by atoms with Crippen molar-refractivity contribution in [1.82, 2.24) is 0 Å². The van der Waals surface area contributed by atoms with E-state index in [1.807, 2.05) is 0 Å². The average molecular weight is 418 g/mol. The molecule has 6 unspecified atom stereocenters. The van der Waals surface area contributed by atoms with E-state index in [4.69, 9.17) is 39.4 Å². The fourth-order valence-electron chi connectivity index (χ4n) is 1.85. The Bertz CT molecular complexity index is 316. The van der Waals surface area contributed by atoms with Crippen LogP contribution in [0.1, 0.15) is 0 Å². The summed E-state index contributed by atoms with van der Waals surface area (Å²) in [5, 5.41) is 73.1. The second-order valence-corrected chi connectivity index (χ2v) is 6.16. The zero-order valence-electron chi connectivity index (χ0n) is 15.7. The molecule has 0 aliphatic rings. The maximum Gasteiger partial charge on any atom is 0.109 e. The van der Waals surface area contributed by atoms with Crippen molar-refractivity contribution in [1.29, 1.82) is 0 Å². The SMILES string of the molecule is OCC(O)COCC(OCC(O)CO)C(COCC(O)CO)OCC(O)CO. The van der Waals surface area contributed by atoms with Gasteiger partial charge in [0.1, 0.15) is 36.6 Å². The van der Waals surface area contributed by atoms with Gasteiger partial charge in [0, 0.05) is 0 Å². The molecular weight excluding hydrogens is 384 g/mol. The lowest BCUT2D eigenvalue weighted by molar-refractivity contribution is -0.158. The second-order valence-electron chi connectivity index (χ2n) is 6.16. The van der Waals surface area contributed by atoms with E-state index in [1.54, 1.807) is 0 Å². The maximum atomic E-state index is 9.48. The van der Waals surface area contributed by atoms with E-state index in [0.717, 1.165) is 0 Å². The largest absolute Gasteiger partial charge is 0.394 e. The Labute approximate surface area is 163 Å². The summed E-state index contributed by atoms with van der Waals surface area (Å²) in [6.45, 7) is -3.32. The van der Waals surface area contributed by atoms with Gasteiger partial charge in [-0.1, -0.05) is 0 Å². The van der Waals surface area contributed by atoms with Gasteiger partial charge in [0.05, 0.1) is 66.1 Å². The summed E-state index contributed by atoms with van der Waals surface area (Å²) < 4.78 is 21.5. The lowest BCUT2D eigenvalue weighted by atomic mass is 10.2. The molecule has 28 heavy (non-hydrogen) atoms. The van der Waals surface area contributed by atoms with Crippen molar-refractivity contribution in [3.05, 3.63) is 0 Å². The fourth-order valence-corrected chi connectivity index (χ4v) is 1.85. The van der Waals surface area contributed by atoms with Crippen molar-refractivity contribution in [3.63, 3.8) is 0 Å². The second kappa shape index (κ2) is 17.4. The smallest absolute Gasteiger partial charge is 0.109 e. The van der Waals surface area contributed by atoms with E-state index in [1.165, 1.54) is 0 Å². The first-order chi connectivity index (χ1) is 13.4. The average Bonchev–Trinajstić information content (AvgIpc) is 2.71. The van der Waals surface area contributed by atoms with Gasteiger partial charge in [0.15, 0.2) is 0 Å². The molecule has 0 spiro atoms. The molecule has 12 heteroatoms. The monoisotopic (exact) mass is 418 g/mol. The first-order valence-electron chi connectivity index (χ1n) is 8.92. The first-order valence-corrected chi connectivity index (χ1v) is 8.92. The molecule has 0 saturated heterocycles. The Kier molecular flexibility index (Phi) is 17.1. The molecule has 0 aromatic carbocycles. The van der Waals surface area contributed by atoms with E-state index in [-0.39, 0.29) is 39.6 Å². The molecule has 0 bridgehead atoms. The molecule has 0 fully saturated rings. The van der Waals surface area contributed by atoms with Crippen molar-refractivity contribution in [3.8, 4) is 0 Å². The Morgan fingerprint density at radius 2 is 0.714 bits per heavy atom. The van der Waals surface area contributed by atoms with Crippen LogP contribution in [-0.4, -0.2) is 144 Å². The summed E-state index contributed by atoms with van der Waals surface area (Å²) in [4.78, 5) is 0. The maximum absolute atomic E-state index is 9.48. The van der Waals surface area contributed by atoms with Crippen LogP contribution in [0.25, 0.3) is 0 Å². The molecule has 0 amide bonds. The molecule has 0 aromatic heterocycles. The number of hydrogen-bond donors (Lipinski definition) is 8. The van der Waals surface area contributed by atoms with Crippen molar-refractivity contribution < 1.29 is 59.8 Å². The van der Waals surface area contributed by atoms with Crippen LogP contribution in [0, 0.1) is 0 Å². The van der Waals surface area contributed by atoms with Gasteiger partial charge < -0.3 is 59.8 Å². The summed E-state index contributed by atoms with van der Waals surface area (Å²) >= 11 is 0. The quantitative estimate of drug-likeness (QED) is 0.0997. The summed E-state index contributed by atoms with van der Waals surface area (Å²) in [6, 6.07) is 0. The van der Waals surface area contributed by atoms with Crippen LogP contribution >= 0.6 is 0 Å². The summed E-state index contributed by atoms with van der Waals surface area (Å²) in [5.74, 6) is 0. The van der Waals surface area contributed by atoms with Crippen LogP contribution < -0.4 is 0 Å². The minimum Gasteiger partial charge on any atom is -0.394 e. The van der Waals surface area contributed by atoms with Crippen molar-refractivity contribution >= 4 is 0 Å². The Balaban J connectivity index is 4.92. The molecule has 0 saturated carbocycles. The Morgan fingerprint density at radius 1 is 0.429 bits per heavy atom. The highest BCUT2D eigenvalue weighted by molar-refractivity contribution is 4.73. The lowest BCUT2D eigenvalue weighted by Gasteiger charge is -2.29. The molecule has 0 heterocycles. The van der Waals surface area contributed by atoms with Gasteiger partial charge in [0.2, 0.25) is 0 Å². The van der Waals surface area contributed by atoms with E-state index in [9.17, 15) is 20.4 Å². The van der Waals surface area contributed by atoms with Crippen molar-refractivity contribution in [2.24, 2.45) is 0 Å². The van der Waals surface area contributed by atoms with Crippen LogP contribution in [0.2, 0.25) is 0 Å². The number of ether oxygens (including phenoxy) is 4. The molecular formula is C16H34O12. The lowest BCUT2D eigenvalue weighted by Crippen LogP contribution is -2.43. The molecule has 8 N–H and O–H groups in total. The molecule has 0 aliphatic carbocycles. The van der Waals surface area contributed by atoms with E-state index in [0.29, 0.717) is 0 Å². The summed E-state index contributed by atoms with van der Waals surface area (Å²) in [7, 11) is 0. The molecule has 12 nitrogen and oxygen atoms in total. The van der Waals surface area contributed by atoms with Gasteiger partial charge in [-0.15, -0.1) is 0 Å². The minimum atomic E-state index is -1.16. The number of aliphatic hydroxyl groups is 8. The van der Waals surface area contributed by atoms with Crippen LogP contribution in [0.4, 0.5) is 0 Å². The van der Waals surface area contributed by atoms with Gasteiger partial charge in [-0.2, -0.15) is 0 Å². The predicted octanol–water partition coefficient (Wildman–Crippen LogP) is -4.80. The highest BCUT2D eigenvalue weighted by atomic mass is 16.6. The highest BCUT2D eigenvalue weighted by Gasteiger charge is 2.26. The molecule has 0 aromatic rings. The summed E-state index contributed by atoms with van der Waals surface area (Å²) in [5.41, 5.74) is 0.